The van der Waals surface area contributed by atoms with Crippen LogP contribution in [0.15, 0.2) is 0 Å². The van der Waals surface area contributed by atoms with Crippen molar-refractivity contribution in [1.29, 1.82) is 0 Å². The van der Waals surface area contributed by atoms with Gasteiger partial charge in [-0.25, -0.2) is 0 Å². The van der Waals surface area contributed by atoms with Gasteiger partial charge in [0, 0.05) is 38.1 Å². The average molecular weight is 252 g/mol. The van der Waals surface area contributed by atoms with Crippen LogP contribution in [-0.2, 0) is 4.79 Å². The Balaban J connectivity index is 1.85. The summed E-state index contributed by atoms with van der Waals surface area (Å²) in [6, 6.07) is 0. The minimum absolute atomic E-state index is 0.0269. The summed E-state index contributed by atoms with van der Waals surface area (Å²) < 4.78 is 0. The van der Waals surface area contributed by atoms with Crippen LogP contribution >= 0.6 is 0 Å². The number of nitrogens with zero attached hydrogens (tertiary/aromatic N) is 2. The summed E-state index contributed by atoms with van der Waals surface area (Å²) in [5.74, 6) is 0.815. The predicted octanol–water partition coefficient (Wildman–Crippen LogP) is 2.02. The zero-order valence-electron chi connectivity index (χ0n) is 12.0. The maximum Gasteiger partial charge on any atom is 0.127 e. The lowest BCUT2D eigenvalue weighted by Crippen LogP contribution is -2.50. The topological polar surface area (TPSA) is 23.6 Å². The molecule has 0 aromatic carbocycles. The molecule has 0 amide bonds. The van der Waals surface area contributed by atoms with Gasteiger partial charge in [-0.2, -0.15) is 0 Å². The number of hydrogen-bond acceptors (Lipinski definition) is 3. The van der Waals surface area contributed by atoms with Gasteiger partial charge in [0.1, 0.15) is 6.29 Å². The molecule has 0 spiro atoms. The highest BCUT2D eigenvalue weighted by molar-refractivity contribution is 5.60. The van der Waals surface area contributed by atoms with Gasteiger partial charge in [-0.15, -0.1) is 0 Å². The second-order valence-electron chi connectivity index (χ2n) is 6.37. The van der Waals surface area contributed by atoms with E-state index >= 15 is 0 Å². The van der Waals surface area contributed by atoms with Crippen molar-refractivity contribution in [3.8, 4) is 0 Å². The summed E-state index contributed by atoms with van der Waals surface area (Å²) >= 11 is 0. The largest absolute Gasteiger partial charge is 0.303 e. The first kappa shape index (κ1) is 14.0. The van der Waals surface area contributed by atoms with Crippen molar-refractivity contribution in [2.24, 2.45) is 11.3 Å². The molecule has 2 aliphatic rings. The van der Waals surface area contributed by atoms with Crippen LogP contribution in [0.3, 0.4) is 0 Å². The Morgan fingerprint density at radius 3 is 2.17 bits per heavy atom. The molecular weight excluding hydrogens is 224 g/mol. The molecule has 0 atom stereocenters. The van der Waals surface area contributed by atoms with E-state index < -0.39 is 0 Å². The van der Waals surface area contributed by atoms with E-state index in [0.717, 1.165) is 44.9 Å². The second kappa shape index (κ2) is 6.16. The van der Waals surface area contributed by atoms with E-state index in [1.807, 2.05) is 0 Å². The van der Waals surface area contributed by atoms with Crippen LogP contribution in [0, 0.1) is 11.3 Å². The Hall–Kier alpha value is -0.410. The van der Waals surface area contributed by atoms with Gasteiger partial charge in [0.05, 0.1) is 0 Å². The lowest BCUT2D eigenvalue weighted by atomic mass is 9.71. The van der Waals surface area contributed by atoms with E-state index in [4.69, 9.17) is 0 Å². The van der Waals surface area contributed by atoms with E-state index in [-0.39, 0.29) is 5.41 Å². The first-order valence-electron chi connectivity index (χ1n) is 7.58. The molecule has 104 valence electrons. The summed E-state index contributed by atoms with van der Waals surface area (Å²) in [4.78, 5) is 16.5. The number of aldehydes is 1. The van der Waals surface area contributed by atoms with Crippen LogP contribution < -0.4 is 0 Å². The summed E-state index contributed by atoms with van der Waals surface area (Å²) in [5.41, 5.74) is -0.0269. The van der Waals surface area contributed by atoms with E-state index in [1.165, 1.54) is 32.2 Å². The molecular formula is C15H28N2O. The van der Waals surface area contributed by atoms with Gasteiger partial charge in [0.25, 0.3) is 0 Å². The minimum atomic E-state index is -0.0269. The third-order valence-corrected chi connectivity index (χ3v) is 4.97. The van der Waals surface area contributed by atoms with E-state index in [2.05, 4.69) is 23.6 Å². The number of piperazine rings is 1. The van der Waals surface area contributed by atoms with Crippen molar-refractivity contribution in [2.45, 2.75) is 39.5 Å². The van der Waals surface area contributed by atoms with E-state index in [0.29, 0.717) is 0 Å². The standard InChI is InChI=1S/C15H28N2O/c1-3-16-8-10-17(11-9-16)12-15(13-18)6-4-14(2)5-7-15/h13-14H,3-12H2,1-2H3. The molecule has 0 aromatic rings. The number of likely N-dealkylation sites (N-methyl/N-ethyl adjacent to an activating group) is 1. The van der Waals surface area contributed by atoms with E-state index in [9.17, 15) is 4.79 Å². The van der Waals surface area contributed by atoms with Crippen LogP contribution in [0.1, 0.15) is 39.5 Å². The Kier molecular flexibility index (Phi) is 4.79. The minimum Gasteiger partial charge on any atom is -0.303 e. The second-order valence-corrected chi connectivity index (χ2v) is 6.37. The maximum absolute atomic E-state index is 11.5. The van der Waals surface area contributed by atoms with Crippen molar-refractivity contribution < 1.29 is 4.79 Å². The molecule has 1 saturated heterocycles. The van der Waals surface area contributed by atoms with Crippen LogP contribution in [-0.4, -0.2) is 55.4 Å². The highest BCUT2D eigenvalue weighted by atomic mass is 16.1. The van der Waals surface area contributed by atoms with Gasteiger partial charge in [0.2, 0.25) is 0 Å². The molecule has 18 heavy (non-hydrogen) atoms. The van der Waals surface area contributed by atoms with Gasteiger partial charge >= 0.3 is 0 Å². The van der Waals surface area contributed by atoms with Crippen molar-refractivity contribution in [2.75, 3.05) is 39.3 Å². The summed E-state index contributed by atoms with van der Waals surface area (Å²) in [6.07, 6.45) is 5.93. The van der Waals surface area contributed by atoms with Gasteiger partial charge < -0.3 is 9.69 Å². The predicted molar refractivity (Wildman–Crippen MR) is 74.7 cm³/mol. The van der Waals surface area contributed by atoms with E-state index in [1.54, 1.807) is 0 Å². The van der Waals surface area contributed by atoms with Gasteiger partial charge in [-0.05, 0) is 38.1 Å². The van der Waals surface area contributed by atoms with Crippen LogP contribution in [0.2, 0.25) is 0 Å². The molecule has 3 nitrogen and oxygen atoms in total. The summed E-state index contributed by atoms with van der Waals surface area (Å²) in [7, 11) is 0. The molecule has 3 heteroatoms. The van der Waals surface area contributed by atoms with Crippen LogP contribution in [0.25, 0.3) is 0 Å². The van der Waals surface area contributed by atoms with Gasteiger partial charge in [-0.1, -0.05) is 13.8 Å². The maximum atomic E-state index is 11.5. The first-order chi connectivity index (χ1) is 8.67. The summed E-state index contributed by atoms with van der Waals surface area (Å²) in [5, 5.41) is 0. The molecule has 2 rings (SSSR count). The summed E-state index contributed by atoms with van der Waals surface area (Å²) in [6.45, 7) is 11.3. The van der Waals surface area contributed by atoms with Gasteiger partial charge in [-0.3, -0.25) is 4.90 Å². The first-order valence-corrected chi connectivity index (χ1v) is 7.58. The number of hydrogen-bond donors (Lipinski definition) is 0. The number of carbonyl (C=O) groups is 1. The fraction of sp³-hybridized carbons (Fsp3) is 0.933. The van der Waals surface area contributed by atoms with Crippen molar-refractivity contribution in [1.82, 2.24) is 9.80 Å². The zero-order chi connectivity index (χ0) is 13.0. The number of rotatable bonds is 4. The van der Waals surface area contributed by atoms with Crippen molar-refractivity contribution >= 4 is 6.29 Å². The molecule has 1 heterocycles. The molecule has 1 aliphatic carbocycles. The molecule has 0 aromatic heterocycles. The lowest BCUT2D eigenvalue weighted by molar-refractivity contribution is -0.120. The molecule has 1 aliphatic heterocycles. The quantitative estimate of drug-likeness (QED) is 0.715. The Morgan fingerprint density at radius 1 is 1.11 bits per heavy atom. The molecule has 2 fully saturated rings. The highest BCUT2D eigenvalue weighted by Gasteiger charge is 2.36. The van der Waals surface area contributed by atoms with Gasteiger partial charge in [0.15, 0.2) is 0 Å². The zero-order valence-corrected chi connectivity index (χ0v) is 12.0. The SMILES string of the molecule is CCN1CCN(CC2(C=O)CCC(C)CC2)CC1. The third-order valence-electron chi connectivity index (χ3n) is 4.97. The Morgan fingerprint density at radius 2 is 1.67 bits per heavy atom. The molecule has 0 N–H and O–H groups in total. The monoisotopic (exact) mass is 252 g/mol. The smallest absolute Gasteiger partial charge is 0.127 e. The Bertz CT molecular complexity index is 264. The van der Waals surface area contributed by atoms with Crippen LogP contribution in [0.4, 0.5) is 0 Å². The fourth-order valence-electron chi connectivity index (χ4n) is 3.36. The highest BCUT2D eigenvalue weighted by Crippen LogP contribution is 2.38. The number of carbonyl (C=O) groups excluding carboxylic acids is 1. The van der Waals surface area contributed by atoms with Crippen LogP contribution in [0.5, 0.6) is 0 Å². The molecule has 0 radical (unpaired) electrons. The Labute approximate surface area is 112 Å². The molecule has 0 bridgehead atoms. The van der Waals surface area contributed by atoms with Crippen molar-refractivity contribution in [3.63, 3.8) is 0 Å². The fourth-order valence-corrected chi connectivity index (χ4v) is 3.36. The normalized spacial score (nSPS) is 35.6. The third kappa shape index (κ3) is 3.33. The average Bonchev–Trinajstić information content (AvgIpc) is 2.43. The lowest BCUT2D eigenvalue weighted by Gasteiger charge is -2.42. The molecule has 0 unspecified atom stereocenters. The molecule has 1 saturated carbocycles. The van der Waals surface area contributed by atoms with Crippen molar-refractivity contribution in [3.05, 3.63) is 0 Å².